The molecule has 10 heteroatoms. The highest BCUT2D eigenvalue weighted by molar-refractivity contribution is 6.38. The van der Waals surface area contributed by atoms with E-state index >= 15 is 0 Å². The van der Waals surface area contributed by atoms with Crippen LogP contribution in [0.1, 0.15) is 35.1 Å². The zero-order valence-corrected chi connectivity index (χ0v) is 17.7. The molecule has 3 N–H and O–H groups in total. The smallest absolute Gasteiger partial charge is 0.291 e. The average molecular weight is 446 g/mol. The largest absolute Gasteiger partial charge is 0.332 e. The highest BCUT2D eigenvalue weighted by Crippen LogP contribution is 2.31. The number of nitrogens with one attached hydrogen (secondary N) is 2. The molecule has 8 nitrogen and oxygen atoms in total. The Morgan fingerprint density at radius 1 is 1.28 bits per heavy atom. The average Bonchev–Trinajstić information content (AvgIpc) is 2.77. The lowest BCUT2D eigenvalue weighted by Gasteiger charge is -2.35. The molecule has 2 aliphatic rings. The highest BCUT2D eigenvalue weighted by Gasteiger charge is 2.48. The predicted octanol–water partition coefficient (Wildman–Crippen LogP) is 1.48. The minimum absolute atomic E-state index is 0.151. The molecule has 0 radical (unpaired) electrons. The van der Waals surface area contributed by atoms with E-state index in [-0.39, 0.29) is 13.1 Å². The van der Waals surface area contributed by atoms with Crippen LogP contribution in [0.15, 0.2) is 18.2 Å². The van der Waals surface area contributed by atoms with E-state index < -0.39 is 48.4 Å². The first kappa shape index (κ1) is 23.5. The van der Waals surface area contributed by atoms with E-state index in [0.29, 0.717) is 12.0 Å². The maximum atomic E-state index is 13.7. The first-order valence-corrected chi connectivity index (χ1v) is 10.2. The second-order valence-corrected chi connectivity index (χ2v) is 8.19. The van der Waals surface area contributed by atoms with Gasteiger partial charge < -0.3 is 10.2 Å². The molecule has 3 rings (SSSR count). The number of rotatable bonds is 4. The maximum absolute atomic E-state index is 13.7. The Bertz CT molecular complexity index is 1010. The third-order valence-electron chi connectivity index (χ3n) is 5.95. The van der Waals surface area contributed by atoms with Crippen LogP contribution in [-0.4, -0.2) is 59.3 Å². The van der Waals surface area contributed by atoms with Crippen LogP contribution >= 0.6 is 0 Å². The first-order valence-electron chi connectivity index (χ1n) is 10.2. The lowest BCUT2D eigenvalue weighted by atomic mass is 9.85. The van der Waals surface area contributed by atoms with Gasteiger partial charge in [-0.15, -0.1) is 0 Å². The number of aryl methyl sites for hydroxylation is 2. The normalized spacial score (nSPS) is 22.5. The molecule has 1 fully saturated rings. The Kier molecular flexibility index (Phi) is 6.71. The van der Waals surface area contributed by atoms with Crippen molar-refractivity contribution in [3.63, 3.8) is 0 Å². The summed E-state index contributed by atoms with van der Waals surface area (Å²) in [4.78, 5) is 38.6. The van der Waals surface area contributed by atoms with Crippen molar-refractivity contribution < 1.29 is 28.4 Å². The van der Waals surface area contributed by atoms with Crippen LogP contribution in [0.5, 0.6) is 0 Å². The Hall–Kier alpha value is -3.16. The summed E-state index contributed by atoms with van der Waals surface area (Å²) in [5.74, 6) is -7.81. The molecule has 0 spiro atoms. The zero-order chi connectivity index (χ0) is 23.6. The number of nitrogens with zero attached hydrogens (tertiary/aromatic N) is 2. The molecule has 2 aliphatic heterocycles. The van der Waals surface area contributed by atoms with Crippen molar-refractivity contribution in [1.29, 1.82) is 5.26 Å². The topological polar surface area (TPSA) is 123 Å². The number of hydrogen-bond donors (Lipinski definition) is 3. The minimum atomic E-state index is -3.24. The molecule has 1 saturated heterocycles. The molecular formula is C22H24F2N4O4. The molecule has 0 bridgehead atoms. The number of piperidine rings is 1. The van der Waals surface area contributed by atoms with Crippen LogP contribution < -0.4 is 10.8 Å². The second kappa shape index (κ2) is 9.14. The van der Waals surface area contributed by atoms with Crippen molar-refractivity contribution in [1.82, 2.24) is 15.7 Å². The lowest BCUT2D eigenvalue weighted by molar-refractivity contribution is -0.153. The van der Waals surface area contributed by atoms with Gasteiger partial charge in [-0.3, -0.25) is 19.6 Å². The number of benzene rings is 1. The summed E-state index contributed by atoms with van der Waals surface area (Å²) in [5, 5.41) is 20.4. The molecule has 2 amide bonds. The first-order chi connectivity index (χ1) is 15.1. The second-order valence-electron chi connectivity index (χ2n) is 8.19. The van der Waals surface area contributed by atoms with Gasteiger partial charge in [0, 0.05) is 19.5 Å². The van der Waals surface area contributed by atoms with E-state index in [2.05, 4.69) is 11.4 Å². The van der Waals surface area contributed by atoms with Crippen LogP contribution in [0.25, 0.3) is 5.57 Å². The van der Waals surface area contributed by atoms with Gasteiger partial charge in [0.05, 0.1) is 30.1 Å². The Labute approximate surface area is 183 Å². The summed E-state index contributed by atoms with van der Waals surface area (Å²) in [6, 6.07) is 4.55. The number of alkyl halides is 2. The van der Waals surface area contributed by atoms with Crippen LogP contribution in [0, 0.1) is 31.1 Å². The fraction of sp³-hybridized carbons (Fsp3) is 0.455. The number of carbonyl (C=O) groups is 3. The van der Waals surface area contributed by atoms with Crippen molar-refractivity contribution in [3.8, 4) is 6.07 Å². The van der Waals surface area contributed by atoms with Gasteiger partial charge in [0.15, 0.2) is 0 Å². The summed E-state index contributed by atoms with van der Waals surface area (Å²) in [6.07, 6.45) is 1.34. The molecule has 170 valence electrons. The fourth-order valence-corrected chi connectivity index (χ4v) is 4.25. The molecule has 1 aromatic carbocycles. The van der Waals surface area contributed by atoms with Crippen molar-refractivity contribution in [2.75, 3.05) is 19.6 Å². The number of Topliss-reactive ketones (excluding diaryl/α,β-unsaturated/α-hetero) is 1. The summed E-state index contributed by atoms with van der Waals surface area (Å²) in [7, 11) is 0. The van der Waals surface area contributed by atoms with Crippen LogP contribution in [0.4, 0.5) is 8.78 Å². The molecule has 0 saturated carbocycles. The van der Waals surface area contributed by atoms with Crippen molar-refractivity contribution >= 4 is 23.2 Å². The Balaban J connectivity index is 1.73. The van der Waals surface area contributed by atoms with Gasteiger partial charge >= 0.3 is 0 Å². The number of amides is 2. The number of ketones is 1. The molecule has 2 heterocycles. The molecule has 32 heavy (non-hydrogen) atoms. The molecule has 2 atom stereocenters. The van der Waals surface area contributed by atoms with E-state index in [9.17, 15) is 28.4 Å². The van der Waals surface area contributed by atoms with Gasteiger partial charge in [-0.2, -0.15) is 5.26 Å². The molecule has 0 aromatic heterocycles. The standard InChI is InChI=1S/C22H24F2N4O4/c1-12-7-15(8-13(2)17(12)10-25)14-3-5-28(6-4-14)21(31)19(29)18-16(20(30)27-32)9-22(23,24)11-26-18/h3,7-8,16,18,26,32H,4-6,9,11H2,1-2H3,(H,27,30)/t16-,18-/m0/s1. The minimum Gasteiger partial charge on any atom is -0.332 e. The third kappa shape index (κ3) is 4.69. The number of hydroxylamine groups is 1. The molecule has 1 aromatic rings. The van der Waals surface area contributed by atoms with Gasteiger partial charge in [0.25, 0.3) is 11.8 Å². The summed E-state index contributed by atoms with van der Waals surface area (Å²) >= 11 is 0. The van der Waals surface area contributed by atoms with Gasteiger partial charge in [-0.1, -0.05) is 18.2 Å². The summed E-state index contributed by atoms with van der Waals surface area (Å²) < 4.78 is 27.4. The summed E-state index contributed by atoms with van der Waals surface area (Å²) in [6.45, 7) is 3.26. The fourth-order valence-electron chi connectivity index (χ4n) is 4.25. The SMILES string of the molecule is Cc1cc(C2=CCN(C(=O)C(=O)[C@H]3NCC(F)(F)C[C@@H]3C(=O)NO)CC2)cc(C)c1C#N. The quantitative estimate of drug-likeness (QED) is 0.366. The molecular weight excluding hydrogens is 422 g/mol. The third-order valence-corrected chi connectivity index (χ3v) is 5.95. The van der Waals surface area contributed by atoms with Gasteiger partial charge in [0.1, 0.15) is 0 Å². The van der Waals surface area contributed by atoms with Crippen molar-refractivity contribution in [2.45, 2.75) is 38.7 Å². The van der Waals surface area contributed by atoms with Crippen LogP contribution in [-0.2, 0) is 14.4 Å². The van der Waals surface area contributed by atoms with Gasteiger partial charge in [0.2, 0.25) is 11.7 Å². The number of nitriles is 1. The maximum Gasteiger partial charge on any atom is 0.291 e. The number of carbonyl (C=O) groups excluding carboxylic acids is 3. The van der Waals surface area contributed by atoms with E-state index in [1.165, 1.54) is 10.4 Å². The van der Waals surface area contributed by atoms with Gasteiger partial charge in [-0.25, -0.2) is 14.3 Å². The zero-order valence-electron chi connectivity index (χ0n) is 17.7. The Morgan fingerprint density at radius 3 is 2.47 bits per heavy atom. The number of halogens is 2. The van der Waals surface area contributed by atoms with E-state index in [1.807, 2.05) is 32.1 Å². The van der Waals surface area contributed by atoms with E-state index in [0.717, 1.165) is 22.3 Å². The van der Waals surface area contributed by atoms with Crippen molar-refractivity contribution in [3.05, 3.63) is 40.5 Å². The summed E-state index contributed by atoms with van der Waals surface area (Å²) in [5.41, 5.74) is 5.54. The van der Waals surface area contributed by atoms with Crippen LogP contribution in [0.3, 0.4) is 0 Å². The monoisotopic (exact) mass is 446 g/mol. The van der Waals surface area contributed by atoms with Crippen molar-refractivity contribution in [2.24, 2.45) is 5.92 Å². The van der Waals surface area contributed by atoms with E-state index in [1.54, 1.807) is 0 Å². The molecule has 0 aliphatic carbocycles. The predicted molar refractivity (Wildman–Crippen MR) is 110 cm³/mol. The van der Waals surface area contributed by atoms with E-state index in [4.69, 9.17) is 5.21 Å². The molecule has 0 unspecified atom stereocenters. The lowest BCUT2D eigenvalue weighted by Crippen LogP contribution is -2.60. The number of hydrogen-bond acceptors (Lipinski definition) is 6. The highest BCUT2D eigenvalue weighted by atomic mass is 19.3. The Morgan fingerprint density at radius 2 is 1.94 bits per heavy atom. The van der Waals surface area contributed by atoms with Gasteiger partial charge in [-0.05, 0) is 42.5 Å². The van der Waals surface area contributed by atoms with Crippen LogP contribution in [0.2, 0.25) is 0 Å².